The van der Waals surface area contributed by atoms with Gasteiger partial charge in [-0.2, -0.15) is 0 Å². The van der Waals surface area contributed by atoms with Crippen molar-refractivity contribution in [1.82, 2.24) is 10.6 Å². The van der Waals surface area contributed by atoms with Crippen LogP contribution in [0.5, 0.6) is 0 Å². The van der Waals surface area contributed by atoms with E-state index in [-0.39, 0.29) is 18.4 Å². The van der Waals surface area contributed by atoms with Gasteiger partial charge in [-0.3, -0.25) is 9.59 Å². The zero-order chi connectivity index (χ0) is 12.2. The first-order chi connectivity index (χ1) is 7.43. The van der Waals surface area contributed by atoms with Crippen molar-refractivity contribution in [3.05, 3.63) is 0 Å². The molecule has 1 aliphatic carbocycles. The molecule has 0 bridgehead atoms. The van der Waals surface area contributed by atoms with E-state index in [1.165, 1.54) is 6.92 Å². The minimum atomic E-state index is -0.744. The van der Waals surface area contributed by atoms with Gasteiger partial charge in [-0.25, -0.2) is 0 Å². The molecule has 3 N–H and O–H groups in total. The molecule has 0 aromatic carbocycles. The molecule has 2 amide bonds. The molecule has 0 heterocycles. The van der Waals surface area contributed by atoms with E-state index in [0.29, 0.717) is 0 Å². The van der Waals surface area contributed by atoms with E-state index in [4.69, 9.17) is 0 Å². The van der Waals surface area contributed by atoms with Crippen molar-refractivity contribution in [2.45, 2.75) is 51.2 Å². The van der Waals surface area contributed by atoms with Crippen LogP contribution in [0.1, 0.15) is 39.5 Å². The largest absolute Gasteiger partial charge is 0.388 e. The van der Waals surface area contributed by atoms with Crippen molar-refractivity contribution in [3.8, 4) is 0 Å². The second-order valence-corrected chi connectivity index (χ2v) is 4.57. The third kappa shape index (κ3) is 3.81. The van der Waals surface area contributed by atoms with E-state index in [2.05, 4.69) is 10.6 Å². The number of nitrogens with one attached hydrogen (secondary N) is 2. The Balaban J connectivity index is 2.31. The van der Waals surface area contributed by atoms with E-state index in [0.717, 1.165) is 25.7 Å². The molecular weight excluding hydrogens is 208 g/mol. The molecule has 0 saturated heterocycles. The third-order valence-corrected chi connectivity index (χ3v) is 2.94. The molecule has 92 valence electrons. The van der Waals surface area contributed by atoms with Crippen LogP contribution in [-0.4, -0.2) is 35.1 Å². The van der Waals surface area contributed by atoms with Crippen LogP contribution in [0, 0.1) is 0 Å². The molecule has 5 heteroatoms. The van der Waals surface area contributed by atoms with Crippen LogP contribution in [-0.2, 0) is 9.59 Å². The first-order valence-corrected chi connectivity index (χ1v) is 5.70. The summed E-state index contributed by atoms with van der Waals surface area (Å²) in [6.45, 7) is 3.26. The highest BCUT2D eigenvalue weighted by molar-refractivity contribution is 5.86. The zero-order valence-electron chi connectivity index (χ0n) is 9.88. The fourth-order valence-corrected chi connectivity index (χ4v) is 1.99. The number of hydrogen-bond donors (Lipinski definition) is 3. The Bertz CT molecular complexity index is 272. The first-order valence-electron chi connectivity index (χ1n) is 5.70. The number of hydrogen-bond acceptors (Lipinski definition) is 3. The maximum Gasteiger partial charge on any atom is 0.242 e. The van der Waals surface area contributed by atoms with Gasteiger partial charge in [0.1, 0.15) is 6.04 Å². The van der Waals surface area contributed by atoms with Gasteiger partial charge in [0, 0.05) is 13.5 Å². The van der Waals surface area contributed by atoms with Gasteiger partial charge >= 0.3 is 0 Å². The number of amides is 2. The third-order valence-electron chi connectivity index (χ3n) is 2.94. The van der Waals surface area contributed by atoms with Crippen molar-refractivity contribution in [2.24, 2.45) is 0 Å². The monoisotopic (exact) mass is 228 g/mol. The van der Waals surface area contributed by atoms with E-state index in [1.807, 2.05) is 0 Å². The van der Waals surface area contributed by atoms with Crippen LogP contribution in [0.2, 0.25) is 0 Å². The smallest absolute Gasteiger partial charge is 0.242 e. The first kappa shape index (κ1) is 13.0. The summed E-state index contributed by atoms with van der Waals surface area (Å²) in [5, 5.41) is 15.2. The van der Waals surface area contributed by atoms with Crippen LogP contribution in [0.4, 0.5) is 0 Å². The Labute approximate surface area is 95.6 Å². The molecule has 1 atom stereocenters. The van der Waals surface area contributed by atoms with Crippen LogP contribution < -0.4 is 10.6 Å². The van der Waals surface area contributed by atoms with Crippen molar-refractivity contribution >= 4 is 11.8 Å². The Kier molecular flexibility index (Phi) is 4.29. The average molecular weight is 228 g/mol. The quantitative estimate of drug-likeness (QED) is 0.630. The zero-order valence-corrected chi connectivity index (χ0v) is 9.88. The van der Waals surface area contributed by atoms with Crippen molar-refractivity contribution in [3.63, 3.8) is 0 Å². The van der Waals surface area contributed by atoms with Gasteiger partial charge in [-0.05, 0) is 19.8 Å². The van der Waals surface area contributed by atoms with Crippen LogP contribution in [0.15, 0.2) is 0 Å². The summed E-state index contributed by atoms with van der Waals surface area (Å²) in [6.07, 6.45) is 3.49. The molecular formula is C11H20N2O3. The SMILES string of the molecule is CC(=O)NC(C)C(=O)NCC1(O)CCCC1. The van der Waals surface area contributed by atoms with Crippen molar-refractivity contribution in [2.75, 3.05) is 6.54 Å². The number of aliphatic hydroxyl groups is 1. The summed E-state index contributed by atoms with van der Waals surface area (Å²) < 4.78 is 0. The lowest BCUT2D eigenvalue weighted by Gasteiger charge is -2.23. The highest BCUT2D eigenvalue weighted by Crippen LogP contribution is 2.28. The van der Waals surface area contributed by atoms with Crippen LogP contribution in [0.25, 0.3) is 0 Å². The summed E-state index contributed by atoms with van der Waals surface area (Å²) in [6, 6.07) is -0.553. The molecule has 16 heavy (non-hydrogen) atoms. The molecule has 0 spiro atoms. The average Bonchev–Trinajstić information content (AvgIpc) is 2.61. The Morgan fingerprint density at radius 2 is 1.94 bits per heavy atom. The fourth-order valence-electron chi connectivity index (χ4n) is 1.99. The molecule has 0 aromatic rings. The summed E-state index contributed by atoms with van der Waals surface area (Å²) in [7, 11) is 0. The van der Waals surface area contributed by atoms with Crippen LogP contribution in [0.3, 0.4) is 0 Å². The second kappa shape index (κ2) is 5.30. The molecule has 0 radical (unpaired) electrons. The molecule has 1 unspecified atom stereocenters. The lowest BCUT2D eigenvalue weighted by Crippen LogP contribution is -2.48. The van der Waals surface area contributed by atoms with Gasteiger partial charge in [-0.1, -0.05) is 12.8 Å². The minimum absolute atomic E-state index is 0.234. The van der Waals surface area contributed by atoms with E-state index in [1.54, 1.807) is 6.92 Å². The van der Waals surface area contributed by atoms with Gasteiger partial charge in [0.15, 0.2) is 0 Å². The highest BCUT2D eigenvalue weighted by Gasteiger charge is 2.31. The van der Waals surface area contributed by atoms with E-state index >= 15 is 0 Å². The number of carbonyl (C=O) groups excluding carboxylic acids is 2. The topological polar surface area (TPSA) is 78.4 Å². The van der Waals surface area contributed by atoms with Gasteiger partial charge in [0.25, 0.3) is 0 Å². The summed E-state index contributed by atoms with van der Waals surface area (Å²) in [4.78, 5) is 22.3. The van der Waals surface area contributed by atoms with Crippen molar-refractivity contribution in [1.29, 1.82) is 0 Å². The predicted molar refractivity (Wildman–Crippen MR) is 59.7 cm³/mol. The molecule has 1 saturated carbocycles. The molecule has 1 rings (SSSR count). The Morgan fingerprint density at radius 1 is 1.38 bits per heavy atom. The van der Waals surface area contributed by atoms with Crippen LogP contribution >= 0.6 is 0 Å². The normalized spacial score (nSPS) is 20.2. The maximum atomic E-state index is 11.5. The number of rotatable bonds is 4. The lowest BCUT2D eigenvalue weighted by molar-refractivity contribution is -0.128. The highest BCUT2D eigenvalue weighted by atomic mass is 16.3. The second-order valence-electron chi connectivity index (χ2n) is 4.57. The van der Waals surface area contributed by atoms with Gasteiger partial charge < -0.3 is 15.7 Å². The predicted octanol–water partition coefficient (Wildman–Crippen LogP) is -0.0677. The lowest BCUT2D eigenvalue weighted by atomic mass is 10.0. The van der Waals surface area contributed by atoms with E-state index < -0.39 is 11.6 Å². The van der Waals surface area contributed by atoms with Crippen molar-refractivity contribution < 1.29 is 14.7 Å². The Morgan fingerprint density at radius 3 is 2.44 bits per heavy atom. The van der Waals surface area contributed by atoms with E-state index in [9.17, 15) is 14.7 Å². The molecule has 1 fully saturated rings. The van der Waals surface area contributed by atoms with Gasteiger partial charge in [0.05, 0.1) is 5.60 Å². The fraction of sp³-hybridized carbons (Fsp3) is 0.818. The summed E-state index contributed by atoms with van der Waals surface area (Å²) >= 11 is 0. The maximum absolute atomic E-state index is 11.5. The van der Waals surface area contributed by atoms with Gasteiger partial charge in [0.2, 0.25) is 11.8 Å². The molecule has 0 aliphatic heterocycles. The minimum Gasteiger partial charge on any atom is -0.388 e. The number of carbonyl (C=O) groups is 2. The standard InChI is InChI=1S/C11H20N2O3/c1-8(13-9(2)14)10(15)12-7-11(16)5-3-4-6-11/h8,16H,3-7H2,1-2H3,(H,12,15)(H,13,14). The molecule has 0 aromatic heterocycles. The summed E-state index contributed by atoms with van der Waals surface area (Å²) in [5.74, 6) is -0.488. The van der Waals surface area contributed by atoms with Gasteiger partial charge in [-0.15, -0.1) is 0 Å². The molecule has 5 nitrogen and oxygen atoms in total. The Hall–Kier alpha value is -1.10. The molecule has 1 aliphatic rings. The summed E-state index contributed by atoms with van der Waals surface area (Å²) in [5.41, 5.74) is -0.744.